The van der Waals surface area contributed by atoms with E-state index in [0.29, 0.717) is 45.9 Å². The van der Waals surface area contributed by atoms with E-state index < -0.39 is 83.5 Å². The van der Waals surface area contributed by atoms with Gasteiger partial charge in [-0.3, -0.25) is 14.6 Å². The monoisotopic (exact) mass is 702 g/mol. The highest BCUT2D eigenvalue weighted by molar-refractivity contribution is 6.43. The number of hydrogen-bond acceptors (Lipinski definition) is 6. The Labute approximate surface area is 282 Å². The van der Waals surface area contributed by atoms with Crippen molar-refractivity contribution in [3.8, 4) is 5.75 Å². The molecule has 1 aliphatic carbocycles. The molecule has 2 aliphatic heterocycles. The van der Waals surface area contributed by atoms with Crippen LogP contribution in [0.3, 0.4) is 0 Å². The molecule has 2 saturated heterocycles. The maximum Gasteiger partial charge on any atom is 0.455 e. The third-order valence-electron chi connectivity index (χ3n) is 9.55. The van der Waals surface area contributed by atoms with Crippen molar-refractivity contribution in [3.05, 3.63) is 100 Å². The van der Waals surface area contributed by atoms with Crippen molar-refractivity contribution < 1.29 is 55.1 Å². The number of phenols is 1. The number of hydrogen-bond donors (Lipinski definition) is 2. The van der Waals surface area contributed by atoms with Gasteiger partial charge in [0.05, 0.1) is 40.4 Å². The average Bonchev–Trinajstić information content (AvgIpc) is 3.32. The third-order valence-corrected chi connectivity index (χ3v) is 9.55. The van der Waals surface area contributed by atoms with Crippen molar-refractivity contribution in [3.63, 3.8) is 0 Å². The fraction of sp³-hybridized carbons (Fsp3) is 0.343. The number of anilines is 1. The van der Waals surface area contributed by atoms with Gasteiger partial charge < -0.3 is 14.8 Å². The second-order valence-electron chi connectivity index (χ2n) is 12.6. The highest BCUT2D eigenvalue weighted by Gasteiger charge is 2.58. The number of allylic oxidation sites excluding steroid dienone is 2. The first-order chi connectivity index (χ1) is 23.6. The number of imide groups is 1. The number of benzene rings is 2. The summed E-state index contributed by atoms with van der Waals surface area (Å²) in [6, 6.07) is 9.79. The lowest BCUT2D eigenvalue weighted by Gasteiger charge is -2.43. The van der Waals surface area contributed by atoms with Gasteiger partial charge in [-0.1, -0.05) is 24.6 Å². The van der Waals surface area contributed by atoms with Crippen LogP contribution in [0.1, 0.15) is 55.0 Å². The zero-order valence-corrected chi connectivity index (χ0v) is 26.4. The van der Waals surface area contributed by atoms with Crippen LogP contribution in [0.25, 0.3) is 11.6 Å². The van der Waals surface area contributed by atoms with Crippen molar-refractivity contribution in [2.24, 2.45) is 17.8 Å². The van der Waals surface area contributed by atoms with E-state index in [4.69, 9.17) is 4.65 Å². The van der Waals surface area contributed by atoms with Gasteiger partial charge in [-0.05, 0) is 103 Å². The number of aromatic nitrogens is 1. The van der Waals surface area contributed by atoms with Gasteiger partial charge in [-0.15, -0.1) is 0 Å². The van der Waals surface area contributed by atoms with E-state index in [1.165, 1.54) is 12.1 Å². The molecule has 15 heteroatoms. The first kappa shape index (κ1) is 35.3. The van der Waals surface area contributed by atoms with Crippen LogP contribution in [0.15, 0.2) is 71.9 Å². The molecule has 0 radical (unpaired) electrons. The minimum atomic E-state index is -5.18. The summed E-state index contributed by atoms with van der Waals surface area (Å²) in [5, 5.41) is 20.5. The second kappa shape index (κ2) is 13.3. The lowest BCUT2D eigenvalue weighted by molar-refractivity contribution is -0.143. The summed E-state index contributed by atoms with van der Waals surface area (Å²) in [5.41, 5.74) is -1.05. The zero-order chi connectivity index (χ0) is 36.1. The summed E-state index contributed by atoms with van der Waals surface area (Å²) in [5.74, 6) is -6.17. The van der Waals surface area contributed by atoms with Crippen LogP contribution in [0.2, 0.25) is 6.32 Å². The van der Waals surface area contributed by atoms with Crippen molar-refractivity contribution in [1.29, 1.82) is 0 Å². The summed E-state index contributed by atoms with van der Waals surface area (Å²) in [4.78, 5) is 32.5. The van der Waals surface area contributed by atoms with E-state index in [-0.39, 0.29) is 31.6 Å². The highest BCUT2D eigenvalue weighted by Crippen LogP contribution is 2.52. The second-order valence-corrected chi connectivity index (χ2v) is 12.6. The molecule has 50 heavy (non-hydrogen) atoms. The molecule has 2 aromatic carbocycles. The summed E-state index contributed by atoms with van der Waals surface area (Å²) in [7, 11) is -1.39. The predicted octanol–water partition coefficient (Wildman–Crippen LogP) is 7.70. The molecule has 4 atom stereocenters. The number of alkyl halides is 6. The Bertz CT molecular complexity index is 1850. The van der Waals surface area contributed by atoms with Crippen LogP contribution >= 0.6 is 0 Å². The van der Waals surface area contributed by atoms with E-state index in [2.05, 4.69) is 4.98 Å². The average molecular weight is 702 g/mol. The lowest BCUT2D eigenvalue weighted by Crippen LogP contribution is -2.46. The molecule has 6 rings (SSSR count). The van der Waals surface area contributed by atoms with Crippen molar-refractivity contribution in [2.75, 3.05) is 4.90 Å². The molecule has 0 bridgehead atoms. The molecule has 0 spiro atoms. The number of amides is 2. The molecule has 7 nitrogen and oxygen atoms in total. The maximum absolute atomic E-state index is 14.2. The summed E-state index contributed by atoms with van der Waals surface area (Å²) < 4.78 is 102. The molecule has 0 saturated carbocycles. The summed E-state index contributed by atoms with van der Waals surface area (Å²) in [6.07, 6.45) is -7.04. The van der Waals surface area contributed by atoms with Crippen LogP contribution in [-0.4, -0.2) is 40.2 Å². The maximum atomic E-state index is 14.2. The Morgan fingerprint density at radius 1 is 1.00 bits per heavy atom. The van der Waals surface area contributed by atoms with E-state index in [9.17, 15) is 50.5 Å². The molecule has 2 fully saturated rings. The van der Waals surface area contributed by atoms with E-state index in [0.717, 1.165) is 11.6 Å². The Morgan fingerprint density at radius 3 is 2.30 bits per heavy atom. The Kier molecular flexibility index (Phi) is 9.42. The molecule has 3 aromatic rings. The number of carbonyl (C=O) groups is 2. The van der Waals surface area contributed by atoms with Gasteiger partial charge in [-0.2, -0.15) is 26.3 Å². The molecule has 3 aliphatic rings. The summed E-state index contributed by atoms with van der Waals surface area (Å²) in [6.45, 7) is 1.82. The van der Waals surface area contributed by atoms with Gasteiger partial charge in [0.1, 0.15) is 0 Å². The molecule has 0 unspecified atom stereocenters. The molecular formula is C35H30BF7N2O5. The molecule has 262 valence electrons. The van der Waals surface area contributed by atoms with Gasteiger partial charge in [0, 0.05) is 6.20 Å². The quantitative estimate of drug-likeness (QED) is 0.113. The molecule has 2 amide bonds. The van der Waals surface area contributed by atoms with E-state index in [1.54, 1.807) is 30.5 Å². The first-order valence-corrected chi connectivity index (χ1v) is 15.9. The van der Waals surface area contributed by atoms with Crippen LogP contribution in [0, 0.1) is 23.6 Å². The predicted molar refractivity (Wildman–Crippen MR) is 168 cm³/mol. The van der Waals surface area contributed by atoms with Gasteiger partial charge >= 0.3 is 19.5 Å². The number of halogens is 7. The summed E-state index contributed by atoms with van der Waals surface area (Å²) >= 11 is 0. The lowest BCUT2D eigenvalue weighted by atomic mass is 9.58. The standard InChI is InChI=1S/C35H30BF7N2O5/c1-2-19-13-24-31(33(48)45(32(24)47)23-15-21(34(38,39)40)14-22(16-23)35(41,42)43)25-17-36(49)50-29(30(19)25)9-7-20(27-5-3-4-10-44-27)11-18-6-8-28(46)26(37)12-18/h3-6,8,10-12,14-16,24-25,29,31,46,49H,2,7,9,13,17H2,1H3/b20-11-/t24-,25+,29-,31-/m1/s1. The highest BCUT2D eigenvalue weighted by atomic mass is 19.4. The molecular weight excluding hydrogens is 672 g/mol. The minimum absolute atomic E-state index is 0.0326. The van der Waals surface area contributed by atoms with Gasteiger partial charge in [0.2, 0.25) is 11.8 Å². The van der Waals surface area contributed by atoms with Crippen molar-refractivity contribution >= 4 is 36.3 Å². The molecule has 1 aromatic heterocycles. The minimum Gasteiger partial charge on any atom is -0.505 e. The van der Waals surface area contributed by atoms with Crippen LogP contribution in [0.5, 0.6) is 5.75 Å². The van der Waals surface area contributed by atoms with E-state index >= 15 is 0 Å². The van der Waals surface area contributed by atoms with Crippen molar-refractivity contribution in [2.45, 2.75) is 57.4 Å². The van der Waals surface area contributed by atoms with E-state index in [1.807, 2.05) is 6.92 Å². The number of fused-ring (bicyclic) bond motifs is 3. The molecule has 3 heterocycles. The Morgan fingerprint density at radius 2 is 1.70 bits per heavy atom. The fourth-order valence-electron chi connectivity index (χ4n) is 7.35. The SMILES string of the molecule is CCC1=C2[C@@H](CC/C(=C/c3ccc(O)c(F)c3)c3ccccn3)OB(O)C[C@@H]2[C@@H]2C(=O)N(c3cc(C(F)(F)F)cc(C(F)(F)F)c3)C(=O)[C@@H]2C1. The topological polar surface area (TPSA) is 100.0 Å². The molecule has 2 N–H and O–H groups in total. The number of rotatable bonds is 7. The number of nitrogens with zero attached hydrogens (tertiary/aromatic N) is 2. The van der Waals surface area contributed by atoms with Crippen LogP contribution in [-0.2, 0) is 26.6 Å². The Hall–Kier alpha value is -4.50. The number of phenolic OH excluding ortho intramolecular Hbond substituents is 1. The van der Waals surface area contributed by atoms with Gasteiger partial charge in [0.25, 0.3) is 0 Å². The normalized spacial score (nSPS) is 23.0. The van der Waals surface area contributed by atoms with Crippen LogP contribution < -0.4 is 4.90 Å². The Balaban J connectivity index is 1.34. The first-order valence-electron chi connectivity index (χ1n) is 15.9. The van der Waals surface area contributed by atoms with Crippen LogP contribution in [0.4, 0.5) is 36.4 Å². The number of aromatic hydroxyl groups is 1. The zero-order valence-electron chi connectivity index (χ0n) is 26.4. The van der Waals surface area contributed by atoms with Gasteiger partial charge in [0.15, 0.2) is 11.6 Å². The largest absolute Gasteiger partial charge is 0.505 e. The number of pyridine rings is 1. The third kappa shape index (κ3) is 6.80. The van der Waals surface area contributed by atoms with Crippen molar-refractivity contribution in [1.82, 2.24) is 4.98 Å². The number of carbonyl (C=O) groups excluding carboxylic acids is 2. The van der Waals surface area contributed by atoms with Gasteiger partial charge in [-0.25, -0.2) is 9.29 Å². The fourth-order valence-corrected chi connectivity index (χ4v) is 7.35. The smallest absolute Gasteiger partial charge is 0.455 e.